The van der Waals surface area contributed by atoms with Crippen LogP contribution in [0.3, 0.4) is 0 Å². The molecule has 0 spiro atoms. The van der Waals surface area contributed by atoms with E-state index < -0.39 is 17.9 Å². The van der Waals surface area contributed by atoms with Gasteiger partial charge in [-0.2, -0.15) is 0 Å². The molecule has 0 atom stereocenters. The molecule has 0 aliphatic rings. The maximum Gasteiger partial charge on any atom is 0.573 e. The highest BCUT2D eigenvalue weighted by molar-refractivity contribution is 6.12. The minimum atomic E-state index is -4.82. The molecule has 4 rings (SSSR count). The summed E-state index contributed by atoms with van der Waals surface area (Å²) in [7, 11) is 0. The topological polar surface area (TPSA) is 9.23 Å². The Morgan fingerprint density at radius 1 is 1.06 bits per heavy atom. The first-order chi connectivity index (χ1) is 8.46. The van der Waals surface area contributed by atoms with E-state index in [9.17, 15) is 17.6 Å². The van der Waals surface area contributed by atoms with Crippen molar-refractivity contribution in [2.24, 2.45) is 0 Å². The van der Waals surface area contributed by atoms with Gasteiger partial charge in [-0.15, -0.1) is 13.2 Å². The molecule has 91 valence electrons. The normalized spacial score (nSPS) is 12.4. The van der Waals surface area contributed by atoms with E-state index in [2.05, 4.69) is 10.8 Å². The van der Waals surface area contributed by atoms with Crippen LogP contribution in [-0.2, 0) is 0 Å². The first kappa shape index (κ1) is 11.1. The second-order valence-electron chi connectivity index (χ2n) is 3.84. The number of fused-ring (bicyclic) bond motifs is 2. The maximum absolute atomic E-state index is 13.6. The molecule has 0 heterocycles. The van der Waals surface area contributed by atoms with Gasteiger partial charge in [0, 0.05) is 16.8 Å². The van der Waals surface area contributed by atoms with Crippen molar-refractivity contribution in [3.8, 4) is 5.75 Å². The van der Waals surface area contributed by atoms with E-state index in [1.807, 2.05) is 0 Å². The van der Waals surface area contributed by atoms with Gasteiger partial charge < -0.3 is 4.74 Å². The fourth-order valence-electron chi connectivity index (χ4n) is 2.07. The molecule has 0 aliphatic heterocycles. The smallest absolute Gasteiger partial charge is 0.404 e. The second-order valence-corrected chi connectivity index (χ2v) is 3.84. The standard InChI is InChI=1S/C13H5F4O/c14-10-6-7-4-5-9(10)12-8(7)2-1-3-11(12)18-13(15,16)17/h1-2,4-6H. The molecule has 0 saturated heterocycles. The SMILES string of the molecule is Fc1cc2ccc1c1c(OC(F)(F)F)[c]ccc21. The Balaban J connectivity index is 2.35. The third kappa shape index (κ3) is 1.63. The average Bonchev–Trinajstić information content (AvgIpc) is 2.28. The van der Waals surface area contributed by atoms with Crippen molar-refractivity contribution in [3.63, 3.8) is 0 Å². The molecule has 0 amide bonds. The molecule has 0 N–H and O–H groups in total. The lowest BCUT2D eigenvalue weighted by Crippen LogP contribution is -2.17. The van der Waals surface area contributed by atoms with Crippen LogP contribution in [0.1, 0.15) is 0 Å². The molecule has 5 heteroatoms. The number of alkyl halides is 3. The highest BCUT2D eigenvalue weighted by Crippen LogP contribution is 2.38. The Morgan fingerprint density at radius 3 is 2.50 bits per heavy atom. The monoisotopic (exact) mass is 253 g/mol. The molecule has 0 aliphatic carbocycles. The van der Waals surface area contributed by atoms with Crippen LogP contribution in [-0.4, -0.2) is 6.36 Å². The predicted octanol–water partition coefficient (Wildman–Crippen LogP) is 4.27. The fraction of sp³-hybridized carbons (Fsp3) is 0.0769. The Hall–Kier alpha value is -2.04. The van der Waals surface area contributed by atoms with Crippen molar-refractivity contribution in [1.82, 2.24) is 0 Å². The quantitative estimate of drug-likeness (QED) is 0.588. The average molecular weight is 253 g/mol. The van der Waals surface area contributed by atoms with Gasteiger partial charge in [-0.3, -0.25) is 0 Å². The second kappa shape index (κ2) is 3.48. The van der Waals surface area contributed by atoms with E-state index in [1.165, 1.54) is 18.2 Å². The summed E-state index contributed by atoms with van der Waals surface area (Å²) >= 11 is 0. The predicted molar refractivity (Wildman–Crippen MR) is 58.1 cm³/mol. The highest BCUT2D eigenvalue weighted by Gasteiger charge is 2.32. The molecular weight excluding hydrogens is 248 g/mol. The zero-order valence-electron chi connectivity index (χ0n) is 8.81. The zero-order chi connectivity index (χ0) is 12.9. The van der Waals surface area contributed by atoms with E-state index in [-0.39, 0.29) is 10.8 Å². The Morgan fingerprint density at radius 2 is 1.83 bits per heavy atom. The molecule has 4 aromatic carbocycles. The number of hydrogen-bond acceptors (Lipinski definition) is 1. The van der Waals surface area contributed by atoms with Crippen molar-refractivity contribution in [2.75, 3.05) is 0 Å². The first-order valence-electron chi connectivity index (χ1n) is 5.06. The van der Waals surface area contributed by atoms with Gasteiger partial charge in [-0.1, -0.05) is 18.2 Å². The van der Waals surface area contributed by atoms with Crippen LogP contribution in [0.2, 0.25) is 0 Å². The van der Waals surface area contributed by atoms with Crippen molar-refractivity contribution in [2.45, 2.75) is 6.36 Å². The lowest BCUT2D eigenvalue weighted by molar-refractivity contribution is -0.274. The van der Waals surface area contributed by atoms with Gasteiger partial charge in [0.05, 0.1) is 0 Å². The van der Waals surface area contributed by atoms with Crippen LogP contribution in [0.5, 0.6) is 5.75 Å². The summed E-state index contributed by atoms with van der Waals surface area (Å²) in [4.78, 5) is 0. The summed E-state index contributed by atoms with van der Waals surface area (Å²) < 4.78 is 54.3. The van der Waals surface area contributed by atoms with E-state index >= 15 is 0 Å². The molecule has 4 aromatic rings. The number of rotatable bonds is 1. The van der Waals surface area contributed by atoms with Crippen LogP contribution in [0.25, 0.3) is 21.5 Å². The lowest BCUT2D eigenvalue weighted by Gasteiger charge is -2.14. The van der Waals surface area contributed by atoms with Crippen LogP contribution in [0.15, 0.2) is 30.3 Å². The third-order valence-electron chi connectivity index (χ3n) is 2.73. The van der Waals surface area contributed by atoms with E-state index in [0.717, 1.165) is 0 Å². The summed E-state index contributed by atoms with van der Waals surface area (Å²) in [5.74, 6) is -1.06. The summed E-state index contributed by atoms with van der Waals surface area (Å²) in [6.45, 7) is 0. The molecule has 18 heavy (non-hydrogen) atoms. The molecule has 2 bridgehead atoms. The van der Waals surface area contributed by atoms with Crippen LogP contribution in [0, 0.1) is 11.9 Å². The molecule has 1 nitrogen and oxygen atoms in total. The summed E-state index contributed by atoms with van der Waals surface area (Å²) in [6, 6.07) is 9.64. The van der Waals surface area contributed by atoms with Crippen LogP contribution < -0.4 is 4.74 Å². The molecule has 0 saturated carbocycles. The van der Waals surface area contributed by atoms with Crippen molar-refractivity contribution in [1.29, 1.82) is 0 Å². The molecule has 0 aromatic heterocycles. The lowest BCUT2D eigenvalue weighted by atomic mass is 9.98. The van der Waals surface area contributed by atoms with Gasteiger partial charge in [-0.05, 0) is 22.9 Å². The fourth-order valence-corrected chi connectivity index (χ4v) is 2.07. The largest absolute Gasteiger partial charge is 0.573 e. The zero-order valence-corrected chi connectivity index (χ0v) is 8.81. The van der Waals surface area contributed by atoms with Gasteiger partial charge in [-0.25, -0.2) is 4.39 Å². The number of ether oxygens (including phenoxy) is 1. The minimum Gasteiger partial charge on any atom is -0.404 e. The van der Waals surface area contributed by atoms with Gasteiger partial charge in [0.1, 0.15) is 11.6 Å². The Bertz CT molecular complexity index is 718. The van der Waals surface area contributed by atoms with Crippen molar-refractivity contribution in [3.05, 3.63) is 42.2 Å². The first-order valence-corrected chi connectivity index (χ1v) is 5.06. The molecule has 1 radical (unpaired) electrons. The molecule has 0 fully saturated rings. The van der Waals surface area contributed by atoms with Gasteiger partial charge >= 0.3 is 6.36 Å². The van der Waals surface area contributed by atoms with Crippen molar-refractivity contribution >= 4 is 21.5 Å². The maximum atomic E-state index is 13.6. The van der Waals surface area contributed by atoms with E-state index in [4.69, 9.17) is 0 Å². The molecular formula is C13H5F4O. The van der Waals surface area contributed by atoms with E-state index in [0.29, 0.717) is 10.8 Å². The van der Waals surface area contributed by atoms with Crippen LogP contribution in [0.4, 0.5) is 17.6 Å². The summed E-state index contributed by atoms with van der Waals surface area (Å²) in [5.41, 5.74) is 0. The number of hydrogen-bond donors (Lipinski definition) is 0. The summed E-state index contributed by atoms with van der Waals surface area (Å²) in [6.07, 6.45) is -4.82. The van der Waals surface area contributed by atoms with Gasteiger partial charge in [0.25, 0.3) is 0 Å². The Kier molecular flexibility index (Phi) is 2.14. The third-order valence-corrected chi connectivity index (χ3v) is 2.73. The van der Waals surface area contributed by atoms with Gasteiger partial charge in [0.2, 0.25) is 0 Å². The Labute approximate surface area is 98.9 Å². The molecule has 0 unspecified atom stereocenters. The van der Waals surface area contributed by atoms with Gasteiger partial charge in [0.15, 0.2) is 0 Å². The summed E-state index contributed by atoms with van der Waals surface area (Å²) in [5, 5.41) is 1.24. The number of benzene rings is 4. The van der Waals surface area contributed by atoms with E-state index in [1.54, 1.807) is 12.1 Å². The van der Waals surface area contributed by atoms with Crippen molar-refractivity contribution < 1.29 is 22.3 Å². The highest BCUT2D eigenvalue weighted by atomic mass is 19.4. The number of halogens is 4. The minimum absolute atomic E-state index is 0.0936. The van der Waals surface area contributed by atoms with Crippen LogP contribution >= 0.6 is 0 Å².